The van der Waals surface area contributed by atoms with E-state index >= 15 is 0 Å². The van der Waals surface area contributed by atoms with Crippen molar-refractivity contribution in [3.63, 3.8) is 0 Å². The minimum Gasteiger partial charge on any atom is -0.379 e. The number of benzene rings is 1. The van der Waals surface area contributed by atoms with Crippen molar-refractivity contribution >= 4 is 11.4 Å². The highest BCUT2D eigenvalue weighted by molar-refractivity contribution is 5.51. The van der Waals surface area contributed by atoms with Crippen molar-refractivity contribution in [1.82, 2.24) is 9.55 Å². The SMILES string of the molecule is O=[N+]([O-])c1cccc(NCc2cncn2C2CC2)c1. The fourth-order valence-corrected chi connectivity index (χ4v) is 2.07. The second-order valence-corrected chi connectivity index (χ2v) is 4.68. The van der Waals surface area contributed by atoms with Crippen molar-refractivity contribution in [1.29, 1.82) is 0 Å². The van der Waals surface area contributed by atoms with E-state index < -0.39 is 0 Å². The maximum atomic E-state index is 10.7. The summed E-state index contributed by atoms with van der Waals surface area (Å²) >= 11 is 0. The Bertz CT molecular complexity index is 604. The molecule has 1 aliphatic carbocycles. The van der Waals surface area contributed by atoms with Gasteiger partial charge in [-0.1, -0.05) is 6.07 Å². The lowest BCUT2D eigenvalue weighted by molar-refractivity contribution is -0.384. The number of hydrogen-bond donors (Lipinski definition) is 1. The maximum Gasteiger partial charge on any atom is 0.271 e. The van der Waals surface area contributed by atoms with Crippen LogP contribution in [0, 0.1) is 10.1 Å². The number of nitro benzene ring substituents is 1. The number of hydrogen-bond acceptors (Lipinski definition) is 4. The molecule has 3 rings (SSSR count). The number of nitro groups is 1. The molecule has 1 saturated carbocycles. The first-order valence-electron chi connectivity index (χ1n) is 6.23. The van der Waals surface area contributed by atoms with E-state index in [1.807, 2.05) is 18.6 Å². The van der Waals surface area contributed by atoms with Crippen LogP contribution in [0.2, 0.25) is 0 Å². The summed E-state index contributed by atoms with van der Waals surface area (Å²) in [5.41, 5.74) is 1.95. The van der Waals surface area contributed by atoms with Crippen molar-refractivity contribution < 1.29 is 4.92 Å². The molecule has 0 atom stereocenters. The van der Waals surface area contributed by atoms with Crippen LogP contribution in [0.3, 0.4) is 0 Å². The smallest absolute Gasteiger partial charge is 0.271 e. The Labute approximate surface area is 110 Å². The quantitative estimate of drug-likeness (QED) is 0.661. The largest absolute Gasteiger partial charge is 0.379 e. The zero-order valence-electron chi connectivity index (χ0n) is 10.3. The molecule has 1 aliphatic rings. The van der Waals surface area contributed by atoms with Gasteiger partial charge in [0.2, 0.25) is 0 Å². The van der Waals surface area contributed by atoms with Crippen molar-refractivity contribution in [3.05, 3.63) is 52.6 Å². The van der Waals surface area contributed by atoms with Gasteiger partial charge in [0.15, 0.2) is 0 Å². The lowest BCUT2D eigenvalue weighted by atomic mass is 10.3. The van der Waals surface area contributed by atoms with Crippen molar-refractivity contribution in [3.8, 4) is 0 Å². The molecule has 6 nitrogen and oxygen atoms in total. The van der Waals surface area contributed by atoms with Gasteiger partial charge in [-0.15, -0.1) is 0 Å². The number of non-ortho nitro benzene ring substituents is 1. The Morgan fingerprint density at radius 3 is 3.05 bits per heavy atom. The van der Waals surface area contributed by atoms with Gasteiger partial charge >= 0.3 is 0 Å². The lowest BCUT2D eigenvalue weighted by Gasteiger charge is -2.09. The summed E-state index contributed by atoms with van der Waals surface area (Å²) in [6, 6.07) is 7.12. The summed E-state index contributed by atoms with van der Waals surface area (Å²) < 4.78 is 2.17. The number of nitrogens with zero attached hydrogens (tertiary/aromatic N) is 3. The van der Waals surface area contributed by atoms with Crippen molar-refractivity contribution in [2.75, 3.05) is 5.32 Å². The molecule has 0 saturated heterocycles. The van der Waals surface area contributed by atoms with E-state index in [1.165, 1.54) is 25.0 Å². The molecule has 6 heteroatoms. The summed E-state index contributed by atoms with van der Waals surface area (Å²) in [5, 5.41) is 13.9. The van der Waals surface area contributed by atoms with Gasteiger partial charge in [0.25, 0.3) is 5.69 Å². The fraction of sp³-hybridized carbons (Fsp3) is 0.308. The second-order valence-electron chi connectivity index (χ2n) is 4.68. The number of nitrogens with one attached hydrogen (secondary N) is 1. The molecule has 1 aromatic carbocycles. The minimum atomic E-state index is -0.389. The highest BCUT2D eigenvalue weighted by atomic mass is 16.6. The summed E-state index contributed by atoms with van der Waals surface area (Å²) in [7, 11) is 0. The number of imidazole rings is 1. The second kappa shape index (κ2) is 4.72. The molecule has 1 N–H and O–H groups in total. The first-order valence-corrected chi connectivity index (χ1v) is 6.23. The molecule has 0 aliphatic heterocycles. The average Bonchev–Trinajstić information content (AvgIpc) is 3.16. The van der Waals surface area contributed by atoms with Gasteiger partial charge in [0.05, 0.1) is 23.5 Å². The van der Waals surface area contributed by atoms with E-state index in [0.717, 1.165) is 11.4 Å². The molecule has 0 unspecified atom stereocenters. The van der Waals surface area contributed by atoms with Gasteiger partial charge in [-0.25, -0.2) is 4.98 Å². The van der Waals surface area contributed by atoms with Crippen LogP contribution in [0.1, 0.15) is 24.6 Å². The highest BCUT2D eigenvalue weighted by Gasteiger charge is 2.24. The Morgan fingerprint density at radius 1 is 1.47 bits per heavy atom. The van der Waals surface area contributed by atoms with Gasteiger partial charge in [0, 0.05) is 30.1 Å². The molecule has 0 amide bonds. The minimum absolute atomic E-state index is 0.0979. The molecule has 98 valence electrons. The Morgan fingerprint density at radius 2 is 2.32 bits per heavy atom. The monoisotopic (exact) mass is 258 g/mol. The third kappa shape index (κ3) is 2.57. The maximum absolute atomic E-state index is 10.7. The lowest BCUT2D eigenvalue weighted by Crippen LogP contribution is -2.06. The van der Waals surface area contributed by atoms with E-state index in [4.69, 9.17) is 0 Å². The molecular formula is C13H14N4O2. The summed E-state index contributed by atoms with van der Waals surface area (Å²) in [4.78, 5) is 14.5. The van der Waals surface area contributed by atoms with E-state index in [0.29, 0.717) is 12.6 Å². The average molecular weight is 258 g/mol. The number of anilines is 1. The van der Waals surface area contributed by atoms with Crippen molar-refractivity contribution in [2.24, 2.45) is 0 Å². The first-order chi connectivity index (χ1) is 9.24. The van der Waals surface area contributed by atoms with Crippen molar-refractivity contribution in [2.45, 2.75) is 25.4 Å². The molecular weight excluding hydrogens is 244 g/mol. The zero-order valence-corrected chi connectivity index (χ0v) is 10.3. The van der Waals surface area contributed by atoms with E-state index in [2.05, 4.69) is 14.9 Å². The summed E-state index contributed by atoms with van der Waals surface area (Å²) in [6.07, 6.45) is 6.10. The fourth-order valence-electron chi connectivity index (χ4n) is 2.07. The van der Waals surface area contributed by atoms with Gasteiger partial charge < -0.3 is 9.88 Å². The number of aromatic nitrogens is 2. The van der Waals surface area contributed by atoms with Crippen LogP contribution in [-0.2, 0) is 6.54 Å². The Hall–Kier alpha value is -2.37. The molecule has 0 radical (unpaired) electrons. The van der Waals surface area contributed by atoms with Crippen LogP contribution < -0.4 is 5.32 Å². The van der Waals surface area contributed by atoms with E-state index in [9.17, 15) is 10.1 Å². The Kier molecular flexibility index (Phi) is 2.91. The van der Waals surface area contributed by atoms with E-state index in [-0.39, 0.29) is 10.6 Å². The normalized spacial score (nSPS) is 14.3. The van der Waals surface area contributed by atoms with Crippen LogP contribution in [0.25, 0.3) is 0 Å². The highest BCUT2D eigenvalue weighted by Crippen LogP contribution is 2.35. The molecule has 0 bridgehead atoms. The molecule has 2 aromatic rings. The first kappa shape index (κ1) is 11.7. The summed E-state index contributed by atoms with van der Waals surface area (Å²) in [5.74, 6) is 0. The Balaban J connectivity index is 1.70. The summed E-state index contributed by atoms with van der Waals surface area (Å²) in [6.45, 7) is 0.623. The molecule has 1 aromatic heterocycles. The standard InChI is InChI=1S/C13H14N4O2/c18-17(19)12-3-1-2-10(6-12)15-8-13-7-14-9-16(13)11-4-5-11/h1-3,6-7,9,11,15H,4-5,8H2. The predicted octanol–water partition coefficient (Wildman–Crippen LogP) is 2.74. The van der Waals surface area contributed by atoms with Crippen LogP contribution in [0.5, 0.6) is 0 Å². The molecule has 1 fully saturated rings. The van der Waals surface area contributed by atoms with Gasteiger partial charge in [-0.3, -0.25) is 10.1 Å². The van der Waals surface area contributed by atoms with Gasteiger partial charge in [-0.05, 0) is 18.9 Å². The molecule has 19 heavy (non-hydrogen) atoms. The third-order valence-corrected chi connectivity index (χ3v) is 3.22. The van der Waals surface area contributed by atoms with Crippen LogP contribution in [-0.4, -0.2) is 14.5 Å². The van der Waals surface area contributed by atoms with Crippen LogP contribution in [0.15, 0.2) is 36.8 Å². The van der Waals surface area contributed by atoms with Crippen LogP contribution >= 0.6 is 0 Å². The predicted molar refractivity (Wildman–Crippen MR) is 70.9 cm³/mol. The number of rotatable bonds is 5. The van der Waals surface area contributed by atoms with Gasteiger partial charge in [0.1, 0.15) is 0 Å². The third-order valence-electron chi connectivity index (χ3n) is 3.22. The topological polar surface area (TPSA) is 73.0 Å². The molecule has 0 spiro atoms. The van der Waals surface area contributed by atoms with Crippen LogP contribution in [0.4, 0.5) is 11.4 Å². The zero-order chi connectivity index (χ0) is 13.2. The van der Waals surface area contributed by atoms with Gasteiger partial charge in [-0.2, -0.15) is 0 Å². The molecule has 1 heterocycles. The van der Waals surface area contributed by atoms with E-state index in [1.54, 1.807) is 6.07 Å².